The van der Waals surface area contributed by atoms with Crippen molar-refractivity contribution in [2.75, 3.05) is 39.1 Å². The zero-order valence-electron chi connectivity index (χ0n) is 14.6. The number of hydrogen-bond donors (Lipinski definition) is 2. The first-order valence-electron chi connectivity index (χ1n) is 8.56. The molecule has 1 aromatic heterocycles. The molecule has 25 heavy (non-hydrogen) atoms. The van der Waals surface area contributed by atoms with Crippen LogP contribution in [0.1, 0.15) is 17.8 Å². The van der Waals surface area contributed by atoms with E-state index in [1.54, 1.807) is 13.4 Å². The molecule has 4 rings (SSSR count). The number of rotatable bonds is 2. The number of fused-ring (bicyclic) bond motifs is 2. The second kappa shape index (κ2) is 6.07. The van der Waals surface area contributed by atoms with Crippen molar-refractivity contribution in [1.82, 2.24) is 19.8 Å². The van der Waals surface area contributed by atoms with E-state index in [4.69, 9.17) is 4.74 Å². The molecule has 0 saturated carbocycles. The minimum Gasteiger partial charge on any atom is -0.497 e. The maximum absolute atomic E-state index is 12.7. The van der Waals surface area contributed by atoms with Gasteiger partial charge in [-0.05, 0) is 25.6 Å². The molecule has 1 aromatic carbocycles. The minimum absolute atomic E-state index is 0.0822. The first-order valence-corrected chi connectivity index (χ1v) is 8.56. The van der Waals surface area contributed by atoms with Gasteiger partial charge in [-0.25, -0.2) is 9.78 Å². The number of ether oxygens (including phenoxy) is 1. The maximum atomic E-state index is 12.7. The minimum atomic E-state index is -0.181. The number of likely N-dealkylation sites (N-methyl/N-ethyl adjacent to an activating group) is 1. The van der Waals surface area contributed by atoms with E-state index >= 15 is 0 Å². The highest BCUT2D eigenvalue weighted by atomic mass is 16.5. The van der Waals surface area contributed by atoms with Crippen LogP contribution < -0.4 is 10.1 Å². The van der Waals surface area contributed by atoms with Crippen LogP contribution in [-0.4, -0.2) is 59.6 Å². The summed E-state index contributed by atoms with van der Waals surface area (Å²) in [7, 11) is 3.74. The van der Waals surface area contributed by atoms with Crippen LogP contribution in [-0.2, 0) is 12.0 Å². The van der Waals surface area contributed by atoms with Crippen molar-refractivity contribution in [3.63, 3.8) is 0 Å². The van der Waals surface area contributed by atoms with E-state index in [9.17, 15) is 4.79 Å². The van der Waals surface area contributed by atoms with Crippen molar-refractivity contribution in [3.05, 3.63) is 42.0 Å². The lowest BCUT2D eigenvalue weighted by Crippen LogP contribution is -2.51. The van der Waals surface area contributed by atoms with E-state index in [0.29, 0.717) is 13.1 Å². The zero-order valence-corrected chi connectivity index (χ0v) is 14.6. The van der Waals surface area contributed by atoms with Crippen LogP contribution in [0, 0.1) is 0 Å². The highest BCUT2D eigenvalue weighted by molar-refractivity contribution is 5.89. The lowest BCUT2D eigenvalue weighted by molar-refractivity contribution is 0.109. The largest absolute Gasteiger partial charge is 0.497 e. The number of methoxy groups -OCH3 is 1. The number of likely N-dealkylation sites (tertiary alicyclic amines) is 1. The Bertz CT molecular complexity index is 789. The van der Waals surface area contributed by atoms with Gasteiger partial charge in [0.25, 0.3) is 0 Å². The van der Waals surface area contributed by atoms with Gasteiger partial charge in [0, 0.05) is 43.5 Å². The van der Waals surface area contributed by atoms with Crippen molar-refractivity contribution in [1.29, 1.82) is 0 Å². The number of urea groups is 1. The number of imidazole rings is 1. The van der Waals surface area contributed by atoms with Crippen molar-refractivity contribution in [2.24, 2.45) is 0 Å². The Hall–Kier alpha value is -2.54. The SMILES string of the molecule is COc1cccc(NC(=O)N2CCC3(C2)c2nc[nH]c2CCN3C)c1. The average molecular weight is 341 g/mol. The van der Waals surface area contributed by atoms with Crippen LogP contribution in [0.2, 0.25) is 0 Å². The summed E-state index contributed by atoms with van der Waals surface area (Å²) in [5.74, 6) is 0.726. The molecule has 7 heteroatoms. The van der Waals surface area contributed by atoms with Gasteiger partial charge >= 0.3 is 6.03 Å². The van der Waals surface area contributed by atoms with Gasteiger partial charge in [-0.3, -0.25) is 4.90 Å². The number of hydrogen-bond acceptors (Lipinski definition) is 4. The van der Waals surface area contributed by atoms with Gasteiger partial charge in [0.2, 0.25) is 0 Å². The van der Waals surface area contributed by atoms with Crippen LogP contribution in [0.4, 0.5) is 10.5 Å². The average Bonchev–Trinajstić information content (AvgIpc) is 3.27. The molecule has 1 fully saturated rings. The van der Waals surface area contributed by atoms with Crippen molar-refractivity contribution in [3.8, 4) is 5.75 Å². The summed E-state index contributed by atoms with van der Waals surface area (Å²) in [5.41, 5.74) is 2.85. The molecule has 0 aliphatic carbocycles. The molecule has 2 N–H and O–H groups in total. The Morgan fingerprint density at radius 2 is 2.28 bits per heavy atom. The molecule has 1 saturated heterocycles. The molecular formula is C18H23N5O2. The maximum Gasteiger partial charge on any atom is 0.321 e. The predicted octanol–water partition coefficient (Wildman–Crippen LogP) is 2.04. The van der Waals surface area contributed by atoms with Crippen LogP contribution in [0.3, 0.4) is 0 Å². The molecule has 2 aliphatic rings. The summed E-state index contributed by atoms with van der Waals surface area (Å²) >= 11 is 0. The molecule has 0 bridgehead atoms. The normalized spacial score (nSPS) is 22.9. The fourth-order valence-corrected chi connectivity index (χ4v) is 3.96. The van der Waals surface area contributed by atoms with Gasteiger partial charge < -0.3 is 19.9 Å². The van der Waals surface area contributed by atoms with Crippen LogP contribution >= 0.6 is 0 Å². The number of amides is 2. The number of carbonyl (C=O) groups is 1. The van der Waals surface area contributed by atoms with Crippen LogP contribution in [0.5, 0.6) is 5.75 Å². The van der Waals surface area contributed by atoms with Gasteiger partial charge in [-0.15, -0.1) is 0 Å². The number of aromatic amines is 1. The first-order chi connectivity index (χ1) is 12.1. The molecule has 1 spiro atoms. The molecule has 2 aliphatic heterocycles. The summed E-state index contributed by atoms with van der Waals surface area (Å²) in [5, 5.41) is 2.97. The molecule has 0 radical (unpaired) electrons. The smallest absolute Gasteiger partial charge is 0.321 e. The summed E-state index contributed by atoms with van der Waals surface area (Å²) in [6.07, 6.45) is 3.64. The van der Waals surface area contributed by atoms with Gasteiger partial charge in [-0.2, -0.15) is 0 Å². The fraction of sp³-hybridized carbons (Fsp3) is 0.444. The monoisotopic (exact) mass is 341 g/mol. The third-order valence-corrected chi connectivity index (χ3v) is 5.44. The van der Waals surface area contributed by atoms with E-state index in [1.807, 2.05) is 29.2 Å². The lowest BCUT2D eigenvalue weighted by atomic mass is 9.87. The topological polar surface area (TPSA) is 73.5 Å². The molecule has 2 amide bonds. The van der Waals surface area contributed by atoms with Crippen molar-refractivity contribution in [2.45, 2.75) is 18.4 Å². The number of aromatic nitrogens is 2. The number of anilines is 1. The van der Waals surface area contributed by atoms with E-state index in [1.165, 1.54) is 5.69 Å². The molecular weight excluding hydrogens is 318 g/mol. The van der Waals surface area contributed by atoms with Gasteiger partial charge in [0.1, 0.15) is 5.75 Å². The Morgan fingerprint density at radius 3 is 3.12 bits per heavy atom. The molecule has 7 nitrogen and oxygen atoms in total. The number of carbonyl (C=O) groups excluding carboxylic acids is 1. The van der Waals surface area contributed by atoms with Crippen LogP contribution in [0.15, 0.2) is 30.6 Å². The summed E-state index contributed by atoms with van der Waals surface area (Å²) in [6, 6.07) is 7.33. The summed E-state index contributed by atoms with van der Waals surface area (Å²) < 4.78 is 5.21. The van der Waals surface area contributed by atoms with E-state index < -0.39 is 0 Å². The zero-order chi connectivity index (χ0) is 17.4. The van der Waals surface area contributed by atoms with E-state index in [-0.39, 0.29) is 11.6 Å². The van der Waals surface area contributed by atoms with E-state index in [0.717, 1.165) is 36.5 Å². The third kappa shape index (κ3) is 2.64. The second-order valence-corrected chi connectivity index (χ2v) is 6.77. The Morgan fingerprint density at radius 1 is 1.40 bits per heavy atom. The highest BCUT2D eigenvalue weighted by Crippen LogP contribution is 2.40. The molecule has 1 unspecified atom stereocenters. The number of nitrogens with zero attached hydrogens (tertiary/aromatic N) is 3. The quantitative estimate of drug-likeness (QED) is 0.877. The fourth-order valence-electron chi connectivity index (χ4n) is 3.96. The Labute approximate surface area is 147 Å². The second-order valence-electron chi connectivity index (χ2n) is 6.77. The predicted molar refractivity (Wildman–Crippen MR) is 94.8 cm³/mol. The lowest BCUT2D eigenvalue weighted by Gasteiger charge is -2.41. The third-order valence-electron chi connectivity index (χ3n) is 5.44. The number of benzene rings is 1. The Kier molecular flexibility index (Phi) is 3.88. The number of H-pyrrole nitrogens is 1. The van der Waals surface area contributed by atoms with E-state index in [2.05, 4.69) is 27.2 Å². The van der Waals surface area contributed by atoms with Crippen molar-refractivity contribution < 1.29 is 9.53 Å². The number of nitrogens with one attached hydrogen (secondary N) is 2. The van der Waals surface area contributed by atoms with Crippen molar-refractivity contribution >= 4 is 11.7 Å². The Balaban J connectivity index is 1.52. The van der Waals surface area contributed by atoms with Gasteiger partial charge in [0.05, 0.1) is 24.7 Å². The van der Waals surface area contributed by atoms with Gasteiger partial charge in [-0.1, -0.05) is 6.07 Å². The highest BCUT2D eigenvalue weighted by Gasteiger charge is 2.48. The molecule has 2 aromatic rings. The van der Waals surface area contributed by atoms with Crippen LogP contribution in [0.25, 0.3) is 0 Å². The molecule has 1 atom stereocenters. The van der Waals surface area contributed by atoms with Gasteiger partial charge in [0.15, 0.2) is 0 Å². The summed E-state index contributed by atoms with van der Waals surface area (Å²) in [4.78, 5) is 24.8. The summed E-state index contributed by atoms with van der Waals surface area (Å²) in [6.45, 7) is 2.34. The molecule has 3 heterocycles. The first kappa shape index (κ1) is 16.0. The molecule has 132 valence electrons. The standard InChI is InChI=1S/C18H23N5O2/c1-22-8-6-15-16(20-12-19-15)18(22)7-9-23(11-18)17(24)21-13-4-3-5-14(10-13)25-2/h3-5,10,12H,6-9,11H2,1-2H3,(H,19,20)(H,21,24).